The van der Waals surface area contributed by atoms with Gasteiger partial charge < -0.3 is 19.5 Å². The van der Waals surface area contributed by atoms with Crippen molar-refractivity contribution in [3.8, 4) is 11.5 Å². The topological polar surface area (TPSA) is 76.1 Å². The number of carbonyl (C=O) groups excluding carboxylic acids is 2. The number of methoxy groups -OCH3 is 2. The Hall–Kier alpha value is -2.76. The minimum Gasteiger partial charge on any atom is -0.504 e. The number of phenolic OH excluding ortho intramolecular Hbond substituents is 1. The zero-order valence-electron chi connectivity index (χ0n) is 15.1. The van der Waals surface area contributed by atoms with Crippen LogP contribution in [0.1, 0.15) is 26.3 Å². The summed E-state index contributed by atoms with van der Waals surface area (Å²) in [6, 6.07) is 4.73. The fraction of sp³-hybridized carbons (Fsp3) is 0.368. The third-order valence-corrected chi connectivity index (χ3v) is 3.96. The molecule has 1 amide bonds. The van der Waals surface area contributed by atoms with Gasteiger partial charge in [0.2, 0.25) is 0 Å². The Morgan fingerprint density at radius 2 is 2.00 bits per heavy atom. The molecule has 0 saturated heterocycles. The second-order valence-corrected chi connectivity index (χ2v) is 6.25. The monoisotopic (exact) mass is 345 g/mol. The van der Waals surface area contributed by atoms with Crippen LogP contribution in [0.5, 0.6) is 11.5 Å². The maximum atomic E-state index is 12.8. The number of benzene rings is 1. The molecule has 0 fully saturated rings. The highest BCUT2D eigenvalue weighted by Crippen LogP contribution is 2.33. The molecule has 6 heteroatoms. The number of phenols is 1. The van der Waals surface area contributed by atoms with Crippen LogP contribution >= 0.6 is 0 Å². The Balaban J connectivity index is 2.53. The minimum atomic E-state index is -0.547. The number of allylic oxidation sites excluding steroid dienone is 1. The second-order valence-electron chi connectivity index (χ2n) is 6.25. The lowest BCUT2D eigenvalue weighted by molar-refractivity contribution is -0.136. The highest BCUT2D eigenvalue weighted by molar-refractivity contribution is 6.16. The van der Waals surface area contributed by atoms with Gasteiger partial charge in [-0.2, -0.15) is 0 Å². The van der Waals surface area contributed by atoms with E-state index in [0.29, 0.717) is 23.6 Å². The van der Waals surface area contributed by atoms with E-state index < -0.39 is 5.97 Å². The zero-order chi connectivity index (χ0) is 18.7. The first-order chi connectivity index (χ1) is 11.8. The van der Waals surface area contributed by atoms with Crippen molar-refractivity contribution in [1.29, 1.82) is 0 Å². The van der Waals surface area contributed by atoms with Crippen LogP contribution in [-0.4, -0.2) is 42.6 Å². The Kier molecular flexibility index (Phi) is 5.51. The van der Waals surface area contributed by atoms with E-state index in [-0.39, 0.29) is 28.7 Å². The van der Waals surface area contributed by atoms with E-state index in [1.807, 2.05) is 13.8 Å². The fourth-order valence-electron chi connectivity index (χ4n) is 2.76. The molecule has 2 rings (SSSR count). The molecule has 0 unspecified atom stereocenters. The number of amides is 1. The summed E-state index contributed by atoms with van der Waals surface area (Å²) in [6.45, 7) is 6.27. The van der Waals surface area contributed by atoms with Crippen molar-refractivity contribution >= 4 is 18.0 Å². The normalized spacial score (nSPS) is 16.2. The summed E-state index contributed by atoms with van der Waals surface area (Å²) in [5.74, 6) is -0.235. The van der Waals surface area contributed by atoms with Gasteiger partial charge in [0.1, 0.15) is 0 Å². The van der Waals surface area contributed by atoms with Crippen LogP contribution in [0.2, 0.25) is 0 Å². The number of hydrogen-bond donors (Lipinski definition) is 1. The van der Waals surface area contributed by atoms with Gasteiger partial charge in [0.25, 0.3) is 5.91 Å². The molecule has 0 radical (unpaired) electrons. The molecule has 6 nitrogen and oxygen atoms in total. The Morgan fingerprint density at radius 3 is 2.56 bits per heavy atom. The van der Waals surface area contributed by atoms with Gasteiger partial charge in [-0.15, -0.1) is 0 Å². The van der Waals surface area contributed by atoms with Gasteiger partial charge in [-0.3, -0.25) is 4.79 Å². The van der Waals surface area contributed by atoms with Crippen LogP contribution in [-0.2, 0) is 14.3 Å². The van der Waals surface area contributed by atoms with Gasteiger partial charge >= 0.3 is 5.97 Å². The van der Waals surface area contributed by atoms with Gasteiger partial charge in [0.15, 0.2) is 11.5 Å². The van der Waals surface area contributed by atoms with Crippen molar-refractivity contribution in [2.45, 2.75) is 20.8 Å². The first-order valence-corrected chi connectivity index (χ1v) is 8.00. The predicted octanol–water partition coefficient (Wildman–Crippen LogP) is 2.73. The maximum Gasteiger partial charge on any atom is 0.340 e. The summed E-state index contributed by atoms with van der Waals surface area (Å²) in [4.78, 5) is 26.6. The van der Waals surface area contributed by atoms with E-state index in [0.717, 1.165) is 0 Å². The summed E-state index contributed by atoms with van der Waals surface area (Å²) >= 11 is 0. The van der Waals surface area contributed by atoms with Gasteiger partial charge in [0.05, 0.1) is 25.4 Å². The molecule has 1 heterocycles. The third-order valence-electron chi connectivity index (χ3n) is 3.96. The SMILES string of the molecule is COC(=O)C1=C(C)N(CC(C)C)C(=O)/C1=C/c1ccc(O)c(OC)c1. The molecule has 0 aromatic heterocycles. The van der Waals surface area contributed by atoms with Crippen molar-refractivity contribution in [2.75, 3.05) is 20.8 Å². The molecule has 0 atom stereocenters. The van der Waals surface area contributed by atoms with Crippen LogP contribution in [0.4, 0.5) is 0 Å². The number of aromatic hydroxyl groups is 1. The lowest BCUT2D eigenvalue weighted by Gasteiger charge is -2.19. The molecule has 134 valence electrons. The molecule has 1 aliphatic rings. The molecular formula is C19H23NO5. The molecule has 0 spiro atoms. The molecule has 0 bridgehead atoms. The standard InChI is InChI=1S/C19H23NO5/c1-11(2)10-20-12(3)17(19(23)25-5)14(18(20)22)8-13-6-7-15(21)16(9-13)24-4/h6-9,11,21H,10H2,1-5H3/b14-8+. The number of esters is 1. The second kappa shape index (κ2) is 7.42. The molecule has 1 N–H and O–H groups in total. The highest BCUT2D eigenvalue weighted by atomic mass is 16.5. The first-order valence-electron chi connectivity index (χ1n) is 8.00. The quantitative estimate of drug-likeness (QED) is 0.656. The molecule has 0 aliphatic carbocycles. The van der Waals surface area contributed by atoms with Crippen molar-refractivity contribution in [2.24, 2.45) is 5.92 Å². The minimum absolute atomic E-state index is 0.00347. The fourth-order valence-corrected chi connectivity index (χ4v) is 2.76. The molecule has 1 aromatic rings. The van der Waals surface area contributed by atoms with Crippen molar-refractivity contribution < 1.29 is 24.2 Å². The van der Waals surface area contributed by atoms with E-state index in [1.54, 1.807) is 30.0 Å². The average Bonchev–Trinajstić information content (AvgIpc) is 2.80. The molecule has 1 aliphatic heterocycles. The summed E-state index contributed by atoms with van der Waals surface area (Å²) in [6.07, 6.45) is 1.61. The Bertz CT molecular complexity index is 761. The van der Waals surface area contributed by atoms with E-state index >= 15 is 0 Å². The Morgan fingerprint density at radius 1 is 1.32 bits per heavy atom. The van der Waals surface area contributed by atoms with Crippen LogP contribution in [0, 0.1) is 5.92 Å². The van der Waals surface area contributed by atoms with Crippen molar-refractivity contribution in [1.82, 2.24) is 4.90 Å². The predicted molar refractivity (Wildman–Crippen MR) is 93.9 cm³/mol. The van der Waals surface area contributed by atoms with Crippen LogP contribution in [0.25, 0.3) is 6.08 Å². The van der Waals surface area contributed by atoms with E-state index in [4.69, 9.17) is 9.47 Å². The van der Waals surface area contributed by atoms with Gasteiger partial charge in [0, 0.05) is 12.2 Å². The summed E-state index contributed by atoms with van der Waals surface area (Å²) in [5.41, 5.74) is 1.76. The maximum absolute atomic E-state index is 12.8. The average molecular weight is 345 g/mol. The summed E-state index contributed by atoms with van der Waals surface area (Å²) < 4.78 is 9.95. The Labute approximate surface area is 147 Å². The molecule has 0 saturated carbocycles. The highest BCUT2D eigenvalue weighted by Gasteiger charge is 2.37. The number of carbonyl (C=O) groups is 2. The summed E-state index contributed by atoms with van der Waals surface area (Å²) in [7, 11) is 2.74. The smallest absolute Gasteiger partial charge is 0.340 e. The number of hydrogen-bond acceptors (Lipinski definition) is 5. The van der Waals surface area contributed by atoms with Crippen molar-refractivity contribution in [3.05, 3.63) is 40.6 Å². The largest absolute Gasteiger partial charge is 0.504 e. The van der Waals surface area contributed by atoms with Gasteiger partial charge in [-0.1, -0.05) is 19.9 Å². The third kappa shape index (κ3) is 3.68. The van der Waals surface area contributed by atoms with E-state index in [9.17, 15) is 14.7 Å². The molecule has 1 aromatic carbocycles. The van der Waals surface area contributed by atoms with Crippen molar-refractivity contribution in [3.63, 3.8) is 0 Å². The lowest BCUT2D eigenvalue weighted by Crippen LogP contribution is -2.28. The molecule has 25 heavy (non-hydrogen) atoms. The van der Waals surface area contributed by atoms with Crippen LogP contribution in [0.3, 0.4) is 0 Å². The number of nitrogens with zero attached hydrogens (tertiary/aromatic N) is 1. The van der Waals surface area contributed by atoms with Crippen LogP contribution < -0.4 is 4.74 Å². The summed E-state index contributed by atoms with van der Waals surface area (Å²) in [5, 5.41) is 9.71. The van der Waals surface area contributed by atoms with Crippen LogP contribution in [0.15, 0.2) is 35.0 Å². The van der Waals surface area contributed by atoms with Gasteiger partial charge in [-0.05, 0) is 36.6 Å². The first kappa shape index (κ1) is 18.6. The number of rotatable bonds is 5. The van der Waals surface area contributed by atoms with E-state index in [1.165, 1.54) is 20.3 Å². The van der Waals surface area contributed by atoms with E-state index in [2.05, 4.69) is 0 Å². The zero-order valence-corrected chi connectivity index (χ0v) is 15.1. The van der Waals surface area contributed by atoms with Gasteiger partial charge in [-0.25, -0.2) is 4.79 Å². The lowest BCUT2D eigenvalue weighted by atomic mass is 10.0. The number of ether oxygens (including phenoxy) is 2. The molecular weight excluding hydrogens is 322 g/mol.